The molecule has 0 aliphatic carbocycles. The number of carbonyl (C=O) groups is 1. The molecule has 0 radical (unpaired) electrons. The first-order chi connectivity index (χ1) is 12.3. The second kappa shape index (κ2) is 6.76. The molecule has 2 aliphatic rings. The number of carbonyl (C=O) groups excluding carboxylic acids is 1. The molecule has 1 aromatic carbocycles. The molecule has 0 N–H and O–H groups in total. The number of hydrogen-bond acceptors (Lipinski definition) is 5. The third kappa shape index (κ3) is 3.07. The molecule has 1 amide bonds. The normalized spacial score (nSPS) is 18.8. The average molecular weight is 343 g/mol. The van der Waals surface area contributed by atoms with Gasteiger partial charge in [-0.3, -0.25) is 4.79 Å². The van der Waals surface area contributed by atoms with Crippen LogP contribution in [0.5, 0.6) is 11.5 Å². The quantitative estimate of drug-likeness (QED) is 0.850. The van der Waals surface area contributed by atoms with Gasteiger partial charge in [0.25, 0.3) is 5.91 Å². The fraction of sp³-hybridized carbons (Fsp3) is 0.444. The first kappa shape index (κ1) is 16.0. The minimum absolute atomic E-state index is 0.0257. The molecule has 2 aliphatic heterocycles. The monoisotopic (exact) mass is 343 g/mol. The average Bonchev–Trinajstić information content (AvgIpc) is 3.25. The Hall–Kier alpha value is -2.54. The van der Waals surface area contributed by atoms with Crippen molar-refractivity contribution in [2.45, 2.75) is 32.5 Å². The van der Waals surface area contributed by atoms with Gasteiger partial charge in [0.05, 0.1) is 31.2 Å². The second-order valence-electron chi connectivity index (χ2n) is 6.18. The molecule has 1 unspecified atom stereocenters. The Morgan fingerprint density at radius 1 is 1.36 bits per heavy atom. The van der Waals surface area contributed by atoms with E-state index in [1.165, 1.54) is 0 Å². The number of imidazole rings is 1. The summed E-state index contributed by atoms with van der Waals surface area (Å²) >= 11 is 0. The number of fused-ring (bicyclic) bond motifs is 2. The first-order valence-electron chi connectivity index (χ1n) is 8.53. The van der Waals surface area contributed by atoms with E-state index in [0.717, 1.165) is 18.7 Å². The fourth-order valence-corrected chi connectivity index (χ4v) is 3.29. The maximum atomic E-state index is 13.2. The van der Waals surface area contributed by atoms with Gasteiger partial charge in [0.2, 0.25) is 6.79 Å². The number of aryl methyl sites for hydroxylation is 1. The largest absolute Gasteiger partial charge is 0.454 e. The number of ether oxygens (including phenoxy) is 3. The lowest BCUT2D eigenvalue weighted by Crippen LogP contribution is -2.42. The number of amides is 1. The molecule has 3 heterocycles. The Kier molecular flexibility index (Phi) is 4.31. The molecule has 0 bridgehead atoms. The van der Waals surface area contributed by atoms with Crippen LogP contribution in [0.2, 0.25) is 0 Å². The van der Waals surface area contributed by atoms with Crippen LogP contribution in [0.4, 0.5) is 0 Å². The zero-order chi connectivity index (χ0) is 17.2. The molecular weight excluding hydrogens is 322 g/mol. The van der Waals surface area contributed by atoms with Crippen molar-refractivity contribution in [3.8, 4) is 11.5 Å². The molecule has 25 heavy (non-hydrogen) atoms. The molecule has 7 heteroatoms. The van der Waals surface area contributed by atoms with Crippen LogP contribution >= 0.6 is 0 Å². The van der Waals surface area contributed by atoms with Crippen LogP contribution in [0, 0.1) is 0 Å². The first-order valence-corrected chi connectivity index (χ1v) is 8.53. The topological polar surface area (TPSA) is 65.8 Å². The third-order valence-corrected chi connectivity index (χ3v) is 4.67. The van der Waals surface area contributed by atoms with Crippen molar-refractivity contribution in [3.05, 3.63) is 42.0 Å². The summed E-state index contributed by atoms with van der Waals surface area (Å²) in [6.07, 6.45) is 4.48. The number of aromatic nitrogens is 2. The smallest absolute Gasteiger partial charge is 0.254 e. The van der Waals surface area contributed by atoms with Gasteiger partial charge in [-0.15, -0.1) is 0 Å². The van der Waals surface area contributed by atoms with E-state index in [-0.39, 0.29) is 18.7 Å². The summed E-state index contributed by atoms with van der Waals surface area (Å²) < 4.78 is 18.5. The van der Waals surface area contributed by atoms with E-state index in [0.29, 0.717) is 36.8 Å². The van der Waals surface area contributed by atoms with Gasteiger partial charge >= 0.3 is 0 Å². The minimum atomic E-state index is -0.0300. The lowest BCUT2D eigenvalue weighted by Gasteiger charge is -2.29. The van der Waals surface area contributed by atoms with Gasteiger partial charge in [0.1, 0.15) is 0 Å². The maximum Gasteiger partial charge on any atom is 0.254 e. The summed E-state index contributed by atoms with van der Waals surface area (Å²) in [5, 5.41) is 0. The van der Waals surface area contributed by atoms with Crippen molar-refractivity contribution in [1.82, 2.24) is 14.5 Å². The van der Waals surface area contributed by atoms with Gasteiger partial charge in [0.15, 0.2) is 11.5 Å². The Bertz CT molecular complexity index is 773. The van der Waals surface area contributed by atoms with Crippen LogP contribution in [0.25, 0.3) is 0 Å². The van der Waals surface area contributed by atoms with Crippen molar-refractivity contribution in [3.63, 3.8) is 0 Å². The third-order valence-electron chi connectivity index (χ3n) is 4.67. The zero-order valence-corrected chi connectivity index (χ0v) is 14.2. The molecule has 0 saturated heterocycles. The highest BCUT2D eigenvalue weighted by Crippen LogP contribution is 2.33. The fourth-order valence-electron chi connectivity index (χ4n) is 3.29. The highest BCUT2D eigenvalue weighted by molar-refractivity contribution is 5.95. The Labute approximate surface area is 146 Å². The summed E-state index contributed by atoms with van der Waals surface area (Å²) in [5.74, 6) is 1.26. The molecule has 2 aromatic rings. The van der Waals surface area contributed by atoms with Crippen LogP contribution in [-0.2, 0) is 17.8 Å². The van der Waals surface area contributed by atoms with Crippen molar-refractivity contribution < 1.29 is 19.0 Å². The lowest BCUT2D eigenvalue weighted by atomic mass is 10.1. The number of hydrogen-bond donors (Lipinski definition) is 0. The van der Waals surface area contributed by atoms with Crippen LogP contribution in [0.3, 0.4) is 0 Å². The van der Waals surface area contributed by atoms with E-state index in [9.17, 15) is 4.79 Å². The Balaban J connectivity index is 1.62. The van der Waals surface area contributed by atoms with E-state index in [1.807, 2.05) is 24.3 Å². The Morgan fingerprint density at radius 3 is 3.12 bits per heavy atom. The molecule has 0 spiro atoms. The zero-order valence-electron chi connectivity index (χ0n) is 14.2. The summed E-state index contributed by atoms with van der Waals surface area (Å²) in [7, 11) is 0. The van der Waals surface area contributed by atoms with Crippen molar-refractivity contribution >= 4 is 5.91 Å². The van der Waals surface area contributed by atoms with Gasteiger partial charge in [0, 0.05) is 24.9 Å². The molecular formula is C18H21N3O4. The van der Waals surface area contributed by atoms with Gasteiger partial charge in [-0.1, -0.05) is 0 Å². The Morgan fingerprint density at radius 2 is 2.24 bits per heavy atom. The number of rotatable bonds is 4. The van der Waals surface area contributed by atoms with Gasteiger partial charge < -0.3 is 23.7 Å². The lowest BCUT2D eigenvalue weighted by molar-refractivity contribution is 0.0422. The summed E-state index contributed by atoms with van der Waals surface area (Å²) in [6, 6.07) is 5.35. The summed E-state index contributed by atoms with van der Waals surface area (Å²) in [4.78, 5) is 19.3. The number of nitrogens with zero attached hydrogens (tertiary/aromatic N) is 3. The highest BCUT2D eigenvalue weighted by Gasteiger charge is 2.29. The minimum Gasteiger partial charge on any atom is -0.454 e. The SMILES string of the molecule is CCOCC1CCn2cncc2CN1C(=O)c1ccc2c(c1)OCO2. The van der Waals surface area contributed by atoms with Crippen LogP contribution in [0.15, 0.2) is 30.7 Å². The highest BCUT2D eigenvalue weighted by atomic mass is 16.7. The van der Waals surface area contributed by atoms with Crippen molar-refractivity contribution in [1.29, 1.82) is 0 Å². The molecule has 4 rings (SSSR count). The second-order valence-corrected chi connectivity index (χ2v) is 6.18. The predicted molar refractivity (Wildman–Crippen MR) is 89.6 cm³/mol. The molecule has 0 saturated carbocycles. The van der Waals surface area contributed by atoms with Crippen molar-refractivity contribution in [2.75, 3.05) is 20.0 Å². The van der Waals surface area contributed by atoms with Crippen LogP contribution in [0.1, 0.15) is 29.4 Å². The van der Waals surface area contributed by atoms with E-state index < -0.39 is 0 Å². The predicted octanol–water partition coefficient (Wildman–Crippen LogP) is 2.06. The van der Waals surface area contributed by atoms with Crippen LogP contribution in [-0.4, -0.2) is 46.4 Å². The van der Waals surface area contributed by atoms with Gasteiger partial charge in [-0.25, -0.2) is 4.98 Å². The van der Waals surface area contributed by atoms with E-state index >= 15 is 0 Å². The number of benzene rings is 1. The van der Waals surface area contributed by atoms with E-state index in [1.54, 1.807) is 18.2 Å². The molecule has 1 aromatic heterocycles. The van der Waals surface area contributed by atoms with E-state index in [4.69, 9.17) is 14.2 Å². The summed E-state index contributed by atoms with van der Waals surface area (Å²) in [5.41, 5.74) is 1.63. The van der Waals surface area contributed by atoms with E-state index in [2.05, 4.69) is 9.55 Å². The van der Waals surface area contributed by atoms with Gasteiger partial charge in [-0.05, 0) is 31.5 Å². The van der Waals surface area contributed by atoms with Crippen molar-refractivity contribution in [2.24, 2.45) is 0 Å². The maximum absolute atomic E-state index is 13.2. The molecule has 0 fully saturated rings. The van der Waals surface area contributed by atoms with Gasteiger partial charge in [-0.2, -0.15) is 0 Å². The summed E-state index contributed by atoms with van der Waals surface area (Å²) in [6.45, 7) is 4.68. The standard InChI is InChI=1S/C18H21N3O4/c1-2-23-10-14-5-6-20-11-19-8-15(20)9-21(14)18(22)13-3-4-16-17(7-13)25-12-24-16/h3-4,7-8,11,14H,2,5-6,9-10,12H2,1H3. The molecule has 7 nitrogen and oxygen atoms in total. The molecule has 1 atom stereocenters. The molecule has 132 valence electrons. The van der Waals surface area contributed by atoms with Crippen LogP contribution < -0.4 is 9.47 Å².